The van der Waals surface area contributed by atoms with Gasteiger partial charge in [0.1, 0.15) is 17.3 Å². The monoisotopic (exact) mass is 488 g/mol. The Balaban J connectivity index is 1.99. The van der Waals surface area contributed by atoms with Gasteiger partial charge in [-0.3, -0.25) is 9.59 Å². The van der Waals surface area contributed by atoms with Crippen molar-refractivity contribution < 1.29 is 9.18 Å². The normalized spacial score (nSPS) is 12.1. The lowest BCUT2D eigenvalue weighted by Crippen LogP contribution is -2.27. The first-order chi connectivity index (χ1) is 17.1. The Bertz CT molecular complexity index is 1400. The van der Waals surface area contributed by atoms with Crippen molar-refractivity contribution in [1.82, 2.24) is 14.9 Å². The Hall–Kier alpha value is -4.53. The molecule has 0 aliphatic carbocycles. The Labute approximate surface area is 209 Å². The van der Waals surface area contributed by atoms with E-state index in [2.05, 4.69) is 21.9 Å². The zero-order valence-electron chi connectivity index (χ0n) is 20.7. The Morgan fingerprint density at radius 3 is 2.42 bits per heavy atom. The van der Waals surface area contributed by atoms with Crippen LogP contribution in [0.3, 0.4) is 0 Å². The molecule has 0 bridgehead atoms. The van der Waals surface area contributed by atoms with Gasteiger partial charge in [0.05, 0.1) is 18.0 Å². The number of halogens is 1. The Kier molecular flexibility index (Phi) is 8.16. The average Bonchev–Trinajstić information content (AvgIpc) is 2.85. The van der Waals surface area contributed by atoms with Gasteiger partial charge in [0.2, 0.25) is 5.56 Å². The highest BCUT2D eigenvalue weighted by molar-refractivity contribution is 6.32. The van der Waals surface area contributed by atoms with E-state index in [1.807, 2.05) is 37.2 Å². The number of anilines is 1. The predicted octanol–water partition coefficient (Wildman–Crippen LogP) is 2.99. The topological polar surface area (TPSA) is 106 Å². The number of pyridine rings is 2. The summed E-state index contributed by atoms with van der Waals surface area (Å²) in [6, 6.07) is 14.3. The van der Waals surface area contributed by atoms with Gasteiger partial charge < -0.3 is 20.5 Å². The molecule has 0 saturated heterocycles. The van der Waals surface area contributed by atoms with E-state index in [1.165, 1.54) is 22.8 Å². The molecule has 36 heavy (non-hydrogen) atoms. The predicted molar refractivity (Wildman–Crippen MR) is 141 cm³/mol. The van der Waals surface area contributed by atoms with Crippen LogP contribution in [0.1, 0.15) is 23.7 Å². The average molecular weight is 489 g/mol. The molecule has 1 aromatic carbocycles. The first kappa shape index (κ1) is 26.1. The lowest BCUT2D eigenvalue weighted by molar-refractivity contribution is -0.117. The van der Waals surface area contributed by atoms with Gasteiger partial charge >= 0.3 is 0 Å². The van der Waals surface area contributed by atoms with Crippen LogP contribution in [-0.2, 0) is 18.4 Å². The number of carbonyl (C=O) groups is 1. The van der Waals surface area contributed by atoms with E-state index in [9.17, 15) is 14.0 Å². The van der Waals surface area contributed by atoms with Crippen molar-refractivity contribution in [2.75, 3.05) is 19.0 Å². The quantitative estimate of drug-likeness (QED) is 0.375. The van der Waals surface area contributed by atoms with E-state index in [4.69, 9.17) is 5.73 Å². The minimum absolute atomic E-state index is 0.00845. The molecule has 3 N–H and O–H groups in total. The first-order valence-electron chi connectivity index (χ1n) is 11.2. The molecule has 0 saturated carbocycles. The maximum atomic E-state index is 13.5. The number of aryl methyl sites for hydroxylation is 1. The molecular formula is C27H29FN6O2. The smallest absolute Gasteiger partial charge is 0.272 e. The summed E-state index contributed by atoms with van der Waals surface area (Å²) in [4.78, 5) is 36.1. The third kappa shape index (κ3) is 6.32. The van der Waals surface area contributed by atoms with Crippen LogP contribution in [0.4, 0.5) is 10.2 Å². The number of hydrogen-bond acceptors (Lipinski definition) is 6. The highest BCUT2D eigenvalue weighted by Gasteiger charge is 2.18. The molecule has 1 amide bonds. The lowest BCUT2D eigenvalue weighted by Gasteiger charge is -2.15. The van der Waals surface area contributed by atoms with Crippen molar-refractivity contribution in [2.45, 2.75) is 13.5 Å². The van der Waals surface area contributed by atoms with Gasteiger partial charge in [-0.2, -0.15) is 0 Å². The Morgan fingerprint density at radius 2 is 1.81 bits per heavy atom. The largest absolute Gasteiger partial charge is 0.400 e. The summed E-state index contributed by atoms with van der Waals surface area (Å²) in [5, 5.41) is 2.81. The van der Waals surface area contributed by atoms with E-state index in [-0.39, 0.29) is 23.5 Å². The number of nitrogens with two attached hydrogens (primary N) is 1. The number of amides is 1. The second-order valence-corrected chi connectivity index (χ2v) is 8.41. The maximum Gasteiger partial charge on any atom is 0.272 e. The van der Waals surface area contributed by atoms with Gasteiger partial charge in [0.25, 0.3) is 5.91 Å². The van der Waals surface area contributed by atoms with Crippen LogP contribution in [0.5, 0.6) is 0 Å². The van der Waals surface area contributed by atoms with E-state index < -0.39 is 11.7 Å². The second-order valence-electron chi connectivity index (χ2n) is 8.41. The summed E-state index contributed by atoms with van der Waals surface area (Å²) in [6.45, 7) is 5.86. The molecule has 0 radical (unpaired) electrons. The summed E-state index contributed by atoms with van der Waals surface area (Å²) in [7, 11) is 5.37. The molecule has 0 aliphatic rings. The number of aromatic nitrogens is 2. The van der Waals surface area contributed by atoms with Gasteiger partial charge in [-0.15, -0.1) is 0 Å². The zero-order valence-corrected chi connectivity index (χ0v) is 20.7. The molecule has 8 nitrogen and oxygen atoms in total. The van der Waals surface area contributed by atoms with Crippen LogP contribution < -0.4 is 21.5 Å². The standard InChI is InChI=1S/C27H29FN6O2/c1-17(19-9-12-21(28)13-10-19)25(20-11-14-24(35)34(5)16-20)32-26(18(2)29)27(36)30-15-22-7-6-8-23(31-22)33(3)4/h6-14,16H,1,15,29H2,2-5H3,(H,30,36)/b26-18+,32-25+. The van der Waals surface area contributed by atoms with E-state index in [0.29, 0.717) is 28.1 Å². The van der Waals surface area contributed by atoms with Crippen LogP contribution >= 0.6 is 0 Å². The molecule has 186 valence electrons. The molecule has 0 spiro atoms. The molecule has 0 aliphatic heterocycles. The van der Waals surface area contributed by atoms with Gasteiger partial charge in [0, 0.05) is 50.2 Å². The van der Waals surface area contributed by atoms with Crippen LogP contribution in [0.25, 0.3) is 5.57 Å². The van der Waals surface area contributed by atoms with Gasteiger partial charge in [0.15, 0.2) is 0 Å². The maximum absolute atomic E-state index is 13.5. The third-order valence-corrected chi connectivity index (χ3v) is 5.33. The number of aliphatic imine (C=N–C) groups is 1. The number of benzene rings is 1. The number of hydrogen-bond donors (Lipinski definition) is 2. The van der Waals surface area contributed by atoms with Crippen LogP contribution in [-0.4, -0.2) is 35.3 Å². The summed E-state index contributed by atoms with van der Waals surface area (Å²) >= 11 is 0. The molecule has 3 aromatic rings. The highest BCUT2D eigenvalue weighted by atomic mass is 19.1. The minimum atomic E-state index is -0.499. The SMILES string of the molecule is C=C(/C(=N\C(C(=O)NCc1cccc(N(C)C)n1)=C(/C)N)c1ccc(=O)n(C)c1)c1ccc(F)cc1. The highest BCUT2D eigenvalue weighted by Crippen LogP contribution is 2.21. The molecule has 0 unspecified atom stereocenters. The number of allylic oxidation sites excluding steroid dienone is 2. The van der Waals surface area contributed by atoms with Crippen molar-refractivity contribution in [2.24, 2.45) is 17.8 Å². The second kappa shape index (κ2) is 11.3. The molecule has 2 heterocycles. The fourth-order valence-electron chi connectivity index (χ4n) is 3.33. The molecular weight excluding hydrogens is 459 g/mol. The van der Waals surface area contributed by atoms with Gasteiger partial charge in [-0.25, -0.2) is 14.4 Å². The van der Waals surface area contributed by atoms with Crippen LogP contribution in [0.15, 0.2) is 88.6 Å². The summed E-state index contributed by atoms with van der Waals surface area (Å²) in [6.07, 6.45) is 1.59. The van der Waals surface area contributed by atoms with E-state index in [0.717, 1.165) is 5.82 Å². The fourth-order valence-corrected chi connectivity index (χ4v) is 3.33. The van der Waals surface area contributed by atoms with E-state index >= 15 is 0 Å². The first-order valence-corrected chi connectivity index (χ1v) is 11.2. The van der Waals surface area contributed by atoms with Crippen molar-refractivity contribution in [1.29, 1.82) is 0 Å². The van der Waals surface area contributed by atoms with Crippen LogP contribution in [0, 0.1) is 5.82 Å². The van der Waals surface area contributed by atoms with E-state index in [1.54, 1.807) is 38.4 Å². The summed E-state index contributed by atoms with van der Waals surface area (Å²) in [5.74, 6) is -0.128. The summed E-state index contributed by atoms with van der Waals surface area (Å²) < 4.78 is 14.9. The molecule has 0 atom stereocenters. The number of carbonyl (C=O) groups excluding carboxylic acids is 1. The minimum Gasteiger partial charge on any atom is -0.400 e. The van der Waals surface area contributed by atoms with Gasteiger partial charge in [-0.1, -0.05) is 24.8 Å². The molecule has 2 aromatic heterocycles. The Morgan fingerprint density at radius 1 is 1.14 bits per heavy atom. The van der Waals surface area contributed by atoms with Crippen molar-refractivity contribution >= 4 is 23.0 Å². The lowest BCUT2D eigenvalue weighted by atomic mass is 9.98. The molecule has 0 fully saturated rings. The van der Waals surface area contributed by atoms with Crippen molar-refractivity contribution in [3.63, 3.8) is 0 Å². The molecule has 3 rings (SSSR count). The van der Waals surface area contributed by atoms with Crippen molar-refractivity contribution in [3.05, 3.63) is 112 Å². The van der Waals surface area contributed by atoms with Crippen molar-refractivity contribution in [3.8, 4) is 0 Å². The number of nitrogens with zero attached hydrogens (tertiary/aromatic N) is 4. The zero-order chi connectivity index (χ0) is 26.4. The summed E-state index contributed by atoms with van der Waals surface area (Å²) in [5.41, 5.74) is 8.60. The number of nitrogens with one attached hydrogen (secondary N) is 1. The van der Waals surface area contributed by atoms with Gasteiger partial charge in [-0.05, 0) is 42.8 Å². The third-order valence-electron chi connectivity index (χ3n) is 5.33. The fraction of sp³-hybridized carbons (Fsp3) is 0.185. The molecule has 9 heteroatoms. The van der Waals surface area contributed by atoms with Crippen LogP contribution in [0.2, 0.25) is 0 Å². The number of rotatable bonds is 8.